The number of fused-ring (bicyclic) bond motifs is 1. The number of rotatable bonds is 7. The number of benzene rings is 2. The van der Waals surface area contributed by atoms with E-state index in [0.717, 1.165) is 22.2 Å². The van der Waals surface area contributed by atoms with Crippen LogP contribution < -0.4 is 10.2 Å². The number of hydrogen-bond acceptors (Lipinski definition) is 6. The Morgan fingerprint density at radius 3 is 2.46 bits per heavy atom. The van der Waals surface area contributed by atoms with E-state index in [-0.39, 0.29) is 10.8 Å². The average Bonchev–Trinajstić information content (AvgIpc) is 3.32. The summed E-state index contributed by atoms with van der Waals surface area (Å²) < 4.78 is 38.7. The summed E-state index contributed by atoms with van der Waals surface area (Å²) in [7, 11) is -3.72. The molecule has 0 bridgehead atoms. The predicted molar refractivity (Wildman–Crippen MR) is 133 cm³/mol. The van der Waals surface area contributed by atoms with Crippen LogP contribution in [-0.2, 0) is 25.9 Å². The van der Waals surface area contributed by atoms with Crippen molar-refractivity contribution in [1.82, 2.24) is 14.6 Å². The Morgan fingerprint density at radius 1 is 0.971 bits per heavy atom. The molecular formula is C25H30N4O5S. The second-order valence-corrected chi connectivity index (χ2v) is 10.6. The molecule has 0 unspecified atom stereocenters. The Labute approximate surface area is 205 Å². The first-order valence-electron chi connectivity index (χ1n) is 11.9. The Kier molecular flexibility index (Phi) is 7.05. The third-order valence-electron chi connectivity index (χ3n) is 6.53. The number of morpholine rings is 2. The summed E-state index contributed by atoms with van der Waals surface area (Å²) in [5, 5.41) is 4.13. The van der Waals surface area contributed by atoms with E-state index in [0.29, 0.717) is 71.1 Å². The van der Waals surface area contributed by atoms with Crippen LogP contribution in [0.4, 0.5) is 5.69 Å². The molecule has 1 amide bonds. The summed E-state index contributed by atoms with van der Waals surface area (Å²) in [4.78, 5) is 18.8. The van der Waals surface area contributed by atoms with Crippen LogP contribution in [0.25, 0.3) is 10.9 Å². The van der Waals surface area contributed by atoms with Crippen LogP contribution in [0.2, 0.25) is 0 Å². The van der Waals surface area contributed by atoms with E-state index < -0.39 is 10.0 Å². The molecule has 2 aromatic carbocycles. The van der Waals surface area contributed by atoms with Crippen molar-refractivity contribution in [2.75, 3.05) is 64.1 Å². The lowest BCUT2D eigenvalue weighted by Gasteiger charge is -2.31. The number of carbonyl (C=O) groups is 1. The summed E-state index contributed by atoms with van der Waals surface area (Å²) in [6.45, 7) is 4.20. The van der Waals surface area contributed by atoms with Crippen LogP contribution >= 0.6 is 0 Å². The molecule has 0 saturated carbocycles. The van der Waals surface area contributed by atoms with Gasteiger partial charge >= 0.3 is 0 Å². The van der Waals surface area contributed by atoms with Gasteiger partial charge in [0.15, 0.2) is 0 Å². The maximum atomic E-state index is 13.4. The fourth-order valence-corrected chi connectivity index (χ4v) is 6.05. The number of aromatic amines is 1. The molecule has 0 spiro atoms. The lowest BCUT2D eigenvalue weighted by Crippen LogP contribution is -2.41. The zero-order chi connectivity index (χ0) is 24.3. The van der Waals surface area contributed by atoms with Gasteiger partial charge < -0.3 is 24.7 Å². The molecule has 2 fully saturated rings. The molecule has 5 rings (SSSR count). The standard InChI is InChI=1S/C25H30N4O5S/c30-25(26-8-7-19-18-27-23-4-2-1-3-21(19)23)22-17-20(35(31,32)29-11-15-34-16-12-29)5-6-24(22)28-9-13-33-14-10-28/h1-6,17-18,27H,7-16H2,(H,26,30). The third kappa shape index (κ3) is 5.06. The van der Waals surface area contributed by atoms with Gasteiger partial charge in [-0.3, -0.25) is 4.79 Å². The summed E-state index contributed by atoms with van der Waals surface area (Å²) in [6, 6.07) is 12.9. The highest BCUT2D eigenvalue weighted by atomic mass is 32.2. The monoisotopic (exact) mass is 498 g/mol. The van der Waals surface area contributed by atoms with Gasteiger partial charge in [-0.1, -0.05) is 18.2 Å². The molecule has 0 aliphatic carbocycles. The quantitative estimate of drug-likeness (QED) is 0.517. The van der Waals surface area contributed by atoms with Crippen molar-refractivity contribution >= 4 is 32.5 Å². The molecule has 9 nitrogen and oxygen atoms in total. The Bertz CT molecular complexity index is 1290. The molecule has 1 aromatic heterocycles. The smallest absolute Gasteiger partial charge is 0.253 e. The van der Waals surface area contributed by atoms with Gasteiger partial charge in [-0.25, -0.2) is 8.42 Å². The van der Waals surface area contributed by atoms with Gasteiger partial charge in [-0.05, 0) is 36.2 Å². The number of carbonyl (C=O) groups excluding carboxylic acids is 1. The minimum Gasteiger partial charge on any atom is -0.379 e. The summed E-state index contributed by atoms with van der Waals surface area (Å²) in [5.74, 6) is -0.287. The van der Waals surface area contributed by atoms with Crippen molar-refractivity contribution in [2.45, 2.75) is 11.3 Å². The van der Waals surface area contributed by atoms with Crippen molar-refractivity contribution < 1.29 is 22.7 Å². The number of sulfonamides is 1. The number of ether oxygens (including phenoxy) is 2. The zero-order valence-electron chi connectivity index (χ0n) is 19.5. The molecule has 10 heteroatoms. The summed E-state index contributed by atoms with van der Waals surface area (Å²) in [6.07, 6.45) is 2.62. The highest BCUT2D eigenvalue weighted by Gasteiger charge is 2.29. The fraction of sp³-hybridized carbons (Fsp3) is 0.400. The van der Waals surface area contributed by atoms with Crippen LogP contribution in [0.3, 0.4) is 0 Å². The second-order valence-electron chi connectivity index (χ2n) is 8.66. The number of nitrogens with zero attached hydrogens (tertiary/aromatic N) is 2. The number of nitrogens with one attached hydrogen (secondary N) is 2. The van der Waals surface area contributed by atoms with Crippen molar-refractivity contribution in [3.8, 4) is 0 Å². The van der Waals surface area contributed by atoms with E-state index >= 15 is 0 Å². The summed E-state index contributed by atoms with van der Waals surface area (Å²) in [5.41, 5.74) is 3.27. The third-order valence-corrected chi connectivity index (χ3v) is 8.42. The molecule has 2 aliphatic heterocycles. The number of aromatic nitrogens is 1. The highest BCUT2D eigenvalue weighted by Crippen LogP contribution is 2.27. The topological polar surface area (TPSA) is 104 Å². The average molecular weight is 499 g/mol. The number of H-pyrrole nitrogens is 1. The number of amides is 1. The summed E-state index contributed by atoms with van der Waals surface area (Å²) >= 11 is 0. The Morgan fingerprint density at radius 2 is 1.69 bits per heavy atom. The van der Waals surface area contributed by atoms with E-state index in [1.165, 1.54) is 10.4 Å². The normalized spacial score (nSPS) is 17.5. The number of anilines is 1. The van der Waals surface area contributed by atoms with Crippen LogP contribution in [-0.4, -0.2) is 82.8 Å². The first kappa shape index (κ1) is 23.8. The van der Waals surface area contributed by atoms with Gasteiger partial charge in [0.25, 0.3) is 5.91 Å². The van der Waals surface area contributed by atoms with Gasteiger partial charge in [0.05, 0.1) is 36.9 Å². The molecule has 3 aromatic rings. The van der Waals surface area contributed by atoms with E-state index in [2.05, 4.69) is 21.3 Å². The zero-order valence-corrected chi connectivity index (χ0v) is 20.4. The van der Waals surface area contributed by atoms with Crippen LogP contribution in [0.15, 0.2) is 53.6 Å². The van der Waals surface area contributed by atoms with Gasteiger partial charge in [0.2, 0.25) is 10.0 Å². The number of hydrogen-bond donors (Lipinski definition) is 2. The van der Waals surface area contributed by atoms with Gasteiger partial charge in [-0.15, -0.1) is 0 Å². The first-order chi connectivity index (χ1) is 17.0. The molecule has 2 aliphatic rings. The molecule has 3 heterocycles. The molecular weight excluding hydrogens is 468 g/mol. The molecule has 0 atom stereocenters. The molecule has 0 radical (unpaired) electrons. The molecule has 2 saturated heterocycles. The first-order valence-corrected chi connectivity index (χ1v) is 13.4. The lowest BCUT2D eigenvalue weighted by atomic mass is 10.1. The van der Waals surface area contributed by atoms with Crippen molar-refractivity contribution in [2.24, 2.45) is 0 Å². The van der Waals surface area contributed by atoms with Crippen LogP contribution in [0, 0.1) is 0 Å². The maximum absolute atomic E-state index is 13.4. The van der Waals surface area contributed by atoms with E-state index in [1.54, 1.807) is 12.1 Å². The van der Waals surface area contributed by atoms with Crippen LogP contribution in [0.5, 0.6) is 0 Å². The van der Waals surface area contributed by atoms with Gasteiger partial charge in [0, 0.05) is 55.5 Å². The van der Waals surface area contributed by atoms with Crippen molar-refractivity contribution in [3.63, 3.8) is 0 Å². The van der Waals surface area contributed by atoms with Gasteiger partial charge in [0.1, 0.15) is 0 Å². The minimum absolute atomic E-state index is 0.123. The predicted octanol–water partition coefficient (Wildman–Crippen LogP) is 2.00. The highest BCUT2D eigenvalue weighted by molar-refractivity contribution is 7.89. The minimum atomic E-state index is -3.72. The van der Waals surface area contributed by atoms with Crippen molar-refractivity contribution in [1.29, 1.82) is 0 Å². The Hall–Kier alpha value is -2.92. The van der Waals surface area contributed by atoms with Gasteiger partial charge in [-0.2, -0.15) is 4.31 Å². The SMILES string of the molecule is O=C(NCCc1c[nH]c2ccccc12)c1cc(S(=O)(=O)N2CCOCC2)ccc1N1CCOCC1. The maximum Gasteiger partial charge on any atom is 0.253 e. The molecule has 186 valence electrons. The molecule has 2 N–H and O–H groups in total. The second kappa shape index (κ2) is 10.4. The lowest BCUT2D eigenvalue weighted by molar-refractivity contribution is 0.0730. The van der Waals surface area contributed by atoms with E-state index in [4.69, 9.17) is 9.47 Å². The van der Waals surface area contributed by atoms with Crippen LogP contribution in [0.1, 0.15) is 15.9 Å². The number of para-hydroxylation sites is 1. The van der Waals surface area contributed by atoms with Crippen molar-refractivity contribution in [3.05, 3.63) is 59.8 Å². The fourth-order valence-electron chi connectivity index (χ4n) is 4.62. The van der Waals surface area contributed by atoms with E-state index in [9.17, 15) is 13.2 Å². The van der Waals surface area contributed by atoms with E-state index in [1.807, 2.05) is 24.4 Å². The molecule has 35 heavy (non-hydrogen) atoms. The Balaban J connectivity index is 1.38. The largest absolute Gasteiger partial charge is 0.379 e.